The predicted molar refractivity (Wildman–Crippen MR) is 113 cm³/mol. The summed E-state index contributed by atoms with van der Waals surface area (Å²) in [5, 5.41) is 0. The first-order valence-electron chi connectivity index (χ1n) is 8.86. The highest BCUT2D eigenvalue weighted by Gasteiger charge is 2.17. The maximum absolute atomic E-state index is 12.3. The number of benzene rings is 2. The Morgan fingerprint density at radius 3 is 2.55 bits per heavy atom. The summed E-state index contributed by atoms with van der Waals surface area (Å²) in [5.41, 5.74) is 2.89. The van der Waals surface area contributed by atoms with Crippen molar-refractivity contribution in [2.24, 2.45) is 0 Å². The molecule has 0 radical (unpaired) electrons. The number of rotatable bonds is 5. The maximum atomic E-state index is 12.3. The topological polar surface area (TPSA) is 92.7 Å². The van der Waals surface area contributed by atoms with Crippen LogP contribution in [0.2, 0.25) is 0 Å². The summed E-state index contributed by atoms with van der Waals surface area (Å²) in [6, 6.07) is 16.2. The zero-order chi connectivity index (χ0) is 20.6. The number of sulfonamides is 1. The number of anilines is 1. The van der Waals surface area contributed by atoms with E-state index in [9.17, 15) is 13.2 Å². The molecule has 0 spiro atoms. The van der Waals surface area contributed by atoms with Gasteiger partial charge in [-0.15, -0.1) is 0 Å². The SMILES string of the molecule is Cc1cc(-c2cc(NS(C)(=O)=O)ccc2Oc2ccccc2)n2cc[nH]c(=O)c12. The largest absolute Gasteiger partial charge is 0.457 e. The Bertz CT molecular complexity index is 1360. The molecule has 0 amide bonds. The van der Waals surface area contributed by atoms with Crippen LogP contribution >= 0.6 is 0 Å². The number of nitrogens with zero attached hydrogens (tertiary/aromatic N) is 1. The highest BCUT2D eigenvalue weighted by Crippen LogP contribution is 2.37. The standard InChI is InChI=1S/C21H19N3O4S/c1-14-12-18(24-11-10-22-21(25)20(14)24)17-13-15(23-29(2,26)27)8-9-19(17)28-16-6-4-3-5-7-16/h3-13,23H,1-2H3,(H,22,25). The van der Waals surface area contributed by atoms with Gasteiger partial charge in [-0.3, -0.25) is 9.52 Å². The molecule has 2 aromatic carbocycles. The van der Waals surface area contributed by atoms with Crippen LogP contribution in [0.4, 0.5) is 5.69 Å². The fourth-order valence-corrected chi connectivity index (χ4v) is 3.83. The Kier molecular flexibility index (Phi) is 4.63. The Morgan fingerprint density at radius 1 is 1.07 bits per heavy atom. The van der Waals surface area contributed by atoms with Crippen molar-refractivity contribution in [2.75, 3.05) is 11.0 Å². The monoisotopic (exact) mass is 409 g/mol. The zero-order valence-corrected chi connectivity index (χ0v) is 16.7. The molecular weight excluding hydrogens is 390 g/mol. The molecule has 0 bridgehead atoms. The Labute approximate surface area is 167 Å². The minimum absolute atomic E-state index is 0.202. The number of ether oxygens (including phenoxy) is 1. The molecule has 0 fully saturated rings. The van der Waals surface area contributed by atoms with E-state index in [1.807, 2.05) is 43.3 Å². The van der Waals surface area contributed by atoms with Crippen molar-refractivity contribution in [3.63, 3.8) is 0 Å². The second kappa shape index (κ2) is 7.14. The first-order chi connectivity index (χ1) is 13.8. The van der Waals surface area contributed by atoms with E-state index in [1.54, 1.807) is 35.0 Å². The summed E-state index contributed by atoms with van der Waals surface area (Å²) < 4.78 is 33.7. The van der Waals surface area contributed by atoms with Gasteiger partial charge in [-0.2, -0.15) is 0 Å². The van der Waals surface area contributed by atoms with Crippen molar-refractivity contribution in [3.8, 4) is 22.8 Å². The number of hydrogen-bond acceptors (Lipinski definition) is 4. The van der Waals surface area contributed by atoms with Crippen molar-refractivity contribution in [1.29, 1.82) is 0 Å². The summed E-state index contributed by atoms with van der Waals surface area (Å²) in [7, 11) is -3.44. The average Bonchev–Trinajstić information content (AvgIpc) is 3.00. The van der Waals surface area contributed by atoms with Crippen LogP contribution in [0, 0.1) is 6.92 Å². The van der Waals surface area contributed by atoms with Gasteiger partial charge in [0.2, 0.25) is 10.0 Å². The molecule has 2 aromatic heterocycles. The number of aromatic amines is 1. The van der Waals surface area contributed by atoms with Gasteiger partial charge >= 0.3 is 0 Å². The van der Waals surface area contributed by atoms with Crippen LogP contribution in [0.25, 0.3) is 16.8 Å². The summed E-state index contributed by atoms with van der Waals surface area (Å²) in [5.74, 6) is 1.18. The van der Waals surface area contributed by atoms with Crippen molar-refractivity contribution < 1.29 is 13.2 Å². The third-order valence-corrected chi connectivity index (χ3v) is 5.02. The van der Waals surface area contributed by atoms with E-state index >= 15 is 0 Å². The second-order valence-electron chi connectivity index (χ2n) is 6.72. The number of fused-ring (bicyclic) bond motifs is 1. The maximum Gasteiger partial charge on any atom is 0.272 e. The van der Waals surface area contributed by atoms with E-state index in [-0.39, 0.29) is 5.56 Å². The molecule has 4 aromatic rings. The van der Waals surface area contributed by atoms with E-state index in [2.05, 4.69) is 9.71 Å². The number of aromatic nitrogens is 2. The fraction of sp³-hybridized carbons (Fsp3) is 0.0952. The van der Waals surface area contributed by atoms with Gasteiger partial charge in [0.05, 0.1) is 11.9 Å². The Balaban J connectivity index is 1.93. The minimum atomic E-state index is -3.44. The average molecular weight is 409 g/mol. The smallest absolute Gasteiger partial charge is 0.272 e. The van der Waals surface area contributed by atoms with Crippen molar-refractivity contribution in [1.82, 2.24) is 9.38 Å². The molecule has 29 heavy (non-hydrogen) atoms. The zero-order valence-electron chi connectivity index (χ0n) is 15.8. The normalized spacial score (nSPS) is 11.5. The lowest BCUT2D eigenvalue weighted by Crippen LogP contribution is -2.10. The van der Waals surface area contributed by atoms with E-state index in [0.717, 1.165) is 11.8 Å². The fourth-order valence-electron chi connectivity index (χ4n) is 3.27. The molecule has 148 valence electrons. The number of nitrogens with one attached hydrogen (secondary N) is 2. The molecule has 0 aliphatic rings. The number of aryl methyl sites for hydroxylation is 1. The first kappa shape index (κ1) is 18.8. The predicted octanol–water partition coefficient (Wildman–Crippen LogP) is 3.77. The first-order valence-corrected chi connectivity index (χ1v) is 10.8. The van der Waals surface area contributed by atoms with Crippen LogP contribution in [0.3, 0.4) is 0 Å². The Morgan fingerprint density at radius 2 is 1.83 bits per heavy atom. The molecule has 7 nitrogen and oxygen atoms in total. The second-order valence-corrected chi connectivity index (χ2v) is 8.47. The molecule has 0 atom stereocenters. The van der Waals surface area contributed by atoms with Crippen LogP contribution in [-0.4, -0.2) is 24.1 Å². The van der Waals surface area contributed by atoms with Gasteiger partial charge < -0.3 is 14.1 Å². The van der Waals surface area contributed by atoms with Gasteiger partial charge in [0.1, 0.15) is 17.0 Å². The van der Waals surface area contributed by atoms with Crippen LogP contribution in [0.15, 0.2) is 71.8 Å². The van der Waals surface area contributed by atoms with E-state index < -0.39 is 10.0 Å². The highest BCUT2D eigenvalue weighted by molar-refractivity contribution is 7.92. The molecule has 8 heteroatoms. The molecule has 2 N–H and O–H groups in total. The van der Waals surface area contributed by atoms with Crippen LogP contribution in [0.5, 0.6) is 11.5 Å². The molecule has 0 aliphatic heterocycles. The van der Waals surface area contributed by atoms with Crippen molar-refractivity contribution in [2.45, 2.75) is 6.92 Å². The van der Waals surface area contributed by atoms with Gasteiger partial charge in [-0.25, -0.2) is 8.42 Å². The molecule has 0 saturated carbocycles. The molecule has 0 aliphatic carbocycles. The highest BCUT2D eigenvalue weighted by atomic mass is 32.2. The molecule has 0 saturated heterocycles. The van der Waals surface area contributed by atoms with Gasteiger partial charge in [0, 0.05) is 23.6 Å². The van der Waals surface area contributed by atoms with E-state index in [0.29, 0.717) is 34.0 Å². The van der Waals surface area contributed by atoms with Crippen LogP contribution in [0.1, 0.15) is 5.56 Å². The van der Waals surface area contributed by atoms with E-state index in [1.165, 1.54) is 0 Å². The molecular formula is C21H19N3O4S. The summed E-state index contributed by atoms with van der Waals surface area (Å²) in [4.78, 5) is 15.0. The Hall–Kier alpha value is -3.52. The lowest BCUT2D eigenvalue weighted by molar-refractivity contribution is 0.484. The van der Waals surface area contributed by atoms with Gasteiger partial charge in [0.25, 0.3) is 5.56 Å². The molecule has 0 unspecified atom stereocenters. The third-order valence-electron chi connectivity index (χ3n) is 4.41. The quantitative estimate of drug-likeness (QED) is 0.525. The van der Waals surface area contributed by atoms with Crippen molar-refractivity contribution in [3.05, 3.63) is 82.9 Å². The minimum Gasteiger partial charge on any atom is -0.457 e. The summed E-state index contributed by atoms with van der Waals surface area (Å²) >= 11 is 0. The van der Waals surface area contributed by atoms with Crippen molar-refractivity contribution >= 4 is 21.2 Å². The lowest BCUT2D eigenvalue weighted by Gasteiger charge is -2.14. The van der Waals surface area contributed by atoms with Gasteiger partial charge in [-0.1, -0.05) is 18.2 Å². The van der Waals surface area contributed by atoms with Crippen LogP contribution in [-0.2, 0) is 10.0 Å². The third kappa shape index (κ3) is 3.88. The van der Waals surface area contributed by atoms with Gasteiger partial charge in [-0.05, 0) is 48.9 Å². The van der Waals surface area contributed by atoms with Crippen LogP contribution < -0.4 is 15.0 Å². The van der Waals surface area contributed by atoms with E-state index in [4.69, 9.17) is 4.74 Å². The number of hydrogen-bond donors (Lipinski definition) is 2. The number of H-pyrrole nitrogens is 1. The molecule has 2 heterocycles. The summed E-state index contributed by atoms with van der Waals surface area (Å²) in [6.07, 6.45) is 4.41. The molecule has 4 rings (SSSR count). The lowest BCUT2D eigenvalue weighted by atomic mass is 10.1. The van der Waals surface area contributed by atoms with Gasteiger partial charge in [0.15, 0.2) is 0 Å². The number of para-hydroxylation sites is 1. The summed E-state index contributed by atoms with van der Waals surface area (Å²) in [6.45, 7) is 1.85.